The Morgan fingerprint density at radius 1 is 1.00 bits per heavy atom. The first-order chi connectivity index (χ1) is 5.94. The summed E-state index contributed by atoms with van der Waals surface area (Å²) >= 11 is 4.28. The molecule has 0 aliphatic heterocycles. The van der Waals surface area contributed by atoms with E-state index in [1.807, 2.05) is 36.4 Å². The molecule has 0 saturated carbocycles. The topological polar surface area (TPSA) is 71.4 Å². The van der Waals surface area contributed by atoms with Gasteiger partial charge in [-0.15, -0.1) is 0 Å². The van der Waals surface area contributed by atoms with Crippen LogP contribution in [0.4, 0.5) is 4.79 Å². The van der Waals surface area contributed by atoms with Gasteiger partial charge in [0.15, 0.2) is 0 Å². The third-order valence-electron chi connectivity index (χ3n) is 0.869. The molecule has 0 spiro atoms. The first-order valence-electron chi connectivity index (χ1n) is 3.11. The van der Waals surface area contributed by atoms with Gasteiger partial charge in [-0.25, -0.2) is 0 Å². The van der Waals surface area contributed by atoms with Crippen molar-refractivity contribution >= 4 is 26.3 Å². The largest absolute Gasteiger partial charge is 0.363 e. The van der Waals surface area contributed by atoms with Gasteiger partial charge in [0.1, 0.15) is 0 Å². The summed E-state index contributed by atoms with van der Waals surface area (Å²) in [5.41, 5.74) is 0. The first-order valence-corrected chi connectivity index (χ1v) is 4.93. The van der Waals surface area contributed by atoms with E-state index >= 15 is 0 Å². The Labute approximate surface area is 80.9 Å². The zero-order valence-electron chi connectivity index (χ0n) is 6.42. The monoisotopic (exact) mass is 222 g/mol. The van der Waals surface area contributed by atoms with Crippen LogP contribution < -0.4 is 0 Å². The SMILES string of the molecule is O=C(Cl)S(=O)(=O)O.c1ccccc1. The van der Waals surface area contributed by atoms with Crippen molar-refractivity contribution in [3.63, 3.8) is 0 Å². The van der Waals surface area contributed by atoms with Crippen LogP contribution in [0.25, 0.3) is 0 Å². The predicted molar refractivity (Wildman–Crippen MR) is 49.2 cm³/mol. The van der Waals surface area contributed by atoms with Crippen LogP contribution in [0.2, 0.25) is 0 Å². The van der Waals surface area contributed by atoms with E-state index in [1.54, 1.807) is 0 Å². The number of rotatable bonds is 0. The molecule has 1 N–H and O–H groups in total. The van der Waals surface area contributed by atoms with Crippen molar-refractivity contribution in [2.45, 2.75) is 0 Å². The van der Waals surface area contributed by atoms with E-state index in [4.69, 9.17) is 4.55 Å². The van der Waals surface area contributed by atoms with Gasteiger partial charge in [-0.3, -0.25) is 9.35 Å². The van der Waals surface area contributed by atoms with Gasteiger partial charge in [-0.2, -0.15) is 8.42 Å². The third-order valence-corrected chi connectivity index (χ3v) is 1.86. The zero-order valence-corrected chi connectivity index (χ0v) is 7.99. The Kier molecular flexibility index (Phi) is 5.29. The second kappa shape index (κ2) is 5.69. The van der Waals surface area contributed by atoms with E-state index in [9.17, 15) is 13.2 Å². The minimum Gasteiger partial charge on any atom is -0.279 e. The highest BCUT2D eigenvalue weighted by Crippen LogP contribution is 1.90. The molecular weight excluding hydrogens is 216 g/mol. The van der Waals surface area contributed by atoms with Crippen LogP contribution in [0, 0.1) is 0 Å². The first kappa shape index (κ1) is 12.1. The number of carbonyl (C=O) groups is 1. The van der Waals surface area contributed by atoms with E-state index in [0.29, 0.717) is 0 Å². The molecule has 0 amide bonds. The van der Waals surface area contributed by atoms with Crippen LogP contribution in [-0.2, 0) is 10.1 Å². The molecule has 4 nitrogen and oxygen atoms in total. The lowest BCUT2D eigenvalue weighted by Crippen LogP contribution is -2.02. The van der Waals surface area contributed by atoms with Crippen molar-refractivity contribution in [3.8, 4) is 0 Å². The van der Waals surface area contributed by atoms with Crippen LogP contribution in [-0.4, -0.2) is 17.5 Å². The summed E-state index contributed by atoms with van der Waals surface area (Å²) in [6.45, 7) is 0. The fraction of sp³-hybridized carbons (Fsp3) is 0. The molecule has 6 heteroatoms. The summed E-state index contributed by atoms with van der Waals surface area (Å²) < 4.78 is 24.6. The van der Waals surface area contributed by atoms with E-state index in [-0.39, 0.29) is 0 Å². The third kappa shape index (κ3) is 7.45. The van der Waals surface area contributed by atoms with Crippen LogP contribution in [0.15, 0.2) is 36.4 Å². The Balaban J connectivity index is 0.000000223. The zero-order chi connectivity index (χ0) is 10.3. The highest BCUT2D eigenvalue weighted by atomic mass is 35.5. The molecule has 1 aromatic carbocycles. The van der Waals surface area contributed by atoms with Gasteiger partial charge in [-0.1, -0.05) is 36.4 Å². The maximum Gasteiger partial charge on any atom is 0.363 e. The van der Waals surface area contributed by atoms with Gasteiger partial charge >= 0.3 is 14.7 Å². The van der Waals surface area contributed by atoms with Crippen molar-refractivity contribution in [1.29, 1.82) is 0 Å². The molecule has 1 rings (SSSR count). The summed E-state index contributed by atoms with van der Waals surface area (Å²) in [6, 6.07) is 12.0. The minimum absolute atomic E-state index is 1.76. The summed E-state index contributed by atoms with van der Waals surface area (Å²) in [7, 11) is -4.61. The molecule has 0 fully saturated rings. The number of benzene rings is 1. The van der Waals surface area contributed by atoms with Gasteiger partial charge in [-0.05, 0) is 11.6 Å². The second-order valence-electron chi connectivity index (χ2n) is 1.87. The fourth-order valence-electron chi connectivity index (χ4n) is 0.385. The van der Waals surface area contributed by atoms with Crippen molar-refractivity contribution < 1.29 is 17.8 Å². The average Bonchev–Trinajstić information content (AvgIpc) is 2.07. The lowest BCUT2D eigenvalue weighted by atomic mass is 10.4. The molecule has 0 saturated heterocycles. The molecule has 0 aromatic heterocycles. The molecule has 72 valence electrons. The average molecular weight is 223 g/mol. The Morgan fingerprint density at radius 3 is 1.23 bits per heavy atom. The lowest BCUT2D eigenvalue weighted by molar-refractivity contribution is 0.271. The van der Waals surface area contributed by atoms with Crippen molar-refractivity contribution in [1.82, 2.24) is 0 Å². The normalized spacial score (nSPS) is 9.69. The van der Waals surface area contributed by atoms with E-state index in [0.717, 1.165) is 0 Å². The van der Waals surface area contributed by atoms with E-state index in [1.165, 1.54) is 0 Å². The molecule has 0 aliphatic carbocycles. The summed E-state index contributed by atoms with van der Waals surface area (Å²) in [5, 5.41) is 0. The highest BCUT2D eigenvalue weighted by molar-refractivity contribution is 8.04. The summed E-state index contributed by atoms with van der Waals surface area (Å²) in [6.07, 6.45) is 0. The maximum atomic E-state index is 9.41. The molecular formula is C7H7ClO4S. The number of hydrogen-bond acceptors (Lipinski definition) is 3. The van der Waals surface area contributed by atoms with E-state index in [2.05, 4.69) is 11.6 Å². The van der Waals surface area contributed by atoms with Crippen molar-refractivity contribution in [3.05, 3.63) is 36.4 Å². The van der Waals surface area contributed by atoms with Gasteiger partial charge < -0.3 is 0 Å². The van der Waals surface area contributed by atoms with Crippen molar-refractivity contribution in [2.24, 2.45) is 0 Å². The molecule has 13 heavy (non-hydrogen) atoms. The highest BCUT2D eigenvalue weighted by Gasteiger charge is 2.12. The molecule has 0 atom stereocenters. The number of halogens is 1. The predicted octanol–water partition coefficient (Wildman–Crippen LogP) is 1.92. The smallest absolute Gasteiger partial charge is 0.279 e. The summed E-state index contributed by atoms with van der Waals surface area (Å²) in [5.74, 6) is 0. The van der Waals surface area contributed by atoms with Gasteiger partial charge in [0.25, 0.3) is 0 Å². The van der Waals surface area contributed by atoms with Crippen LogP contribution in [0.5, 0.6) is 0 Å². The van der Waals surface area contributed by atoms with Crippen molar-refractivity contribution in [2.75, 3.05) is 0 Å². The van der Waals surface area contributed by atoms with Gasteiger partial charge in [0.2, 0.25) is 0 Å². The summed E-state index contributed by atoms with van der Waals surface area (Å²) in [4.78, 5) is 9.39. The molecule has 0 radical (unpaired) electrons. The minimum atomic E-state index is -4.61. The Morgan fingerprint density at radius 2 is 1.15 bits per heavy atom. The molecule has 1 aromatic rings. The van der Waals surface area contributed by atoms with Gasteiger partial charge in [0, 0.05) is 0 Å². The molecule has 0 unspecified atom stereocenters. The quantitative estimate of drug-likeness (QED) is 0.538. The second-order valence-corrected chi connectivity index (χ2v) is 3.76. The number of hydrogen-bond donors (Lipinski definition) is 1. The Hall–Kier alpha value is -0.910. The van der Waals surface area contributed by atoms with Crippen LogP contribution in [0.3, 0.4) is 0 Å². The van der Waals surface area contributed by atoms with Crippen LogP contribution in [0.1, 0.15) is 0 Å². The van der Waals surface area contributed by atoms with Gasteiger partial charge in [0.05, 0.1) is 0 Å². The molecule has 0 aliphatic rings. The molecule has 0 bridgehead atoms. The van der Waals surface area contributed by atoms with Crippen LogP contribution >= 0.6 is 11.6 Å². The standard InChI is InChI=1S/C6H6.CHClO4S/c1-2-4-6-5-3-1;2-1(3)7(4,5)6/h1-6H;(H,4,5,6). The number of carbonyl (C=O) groups excluding carboxylic acids is 1. The van der Waals surface area contributed by atoms with E-state index < -0.39 is 14.7 Å². The maximum absolute atomic E-state index is 9.41. The fourth-order valence-corrected chi connectivity index (χ4v) is 0.385. The Bertz CT molecular complexity index is 319. The lowest BCUT2D eigenvalue weighted by Gasteiger charge is -1.77. The molecule has 0 heterocycles.